The van der Waals surface area contributed by atoms with Crippen LogP contribution in [0.15, 0.2) is 35.3 Å². The van der Waals surface area contributed by atoms with Gasteiger partial charge in [0.15, 0.2) is 6.10 Å². The van der Waals surface area contributed by atoms with Gasteiger partial charge in [0.1, 0.15) is 10.1 Å². The quantitative estimate of drug-likeness (QED) is 0.471. The Morgan fingerprint density at radius 3 is 2.81 bits per heavy atom. The minimum Gasteiger partial charge on any atom is -0.479 e. The molecule has 1 aromatic rings. The van der Waals surface area contributed by atoms with Crippen LogP contribution in [0.5, 0.6) is 5.75 Å². The zero-order valence-corrected chi connectivity index (χ0v) is 16.3. The molecule has 1 saturated heterocycles. The van der Waals surface area contributed by atoms with Crippen molar-refractivity contribution >= 4 is 51.9 Å². The number of nitrogens with zero attached hydrogens (tertiary/aromatic N) is 1. The zero-order valence-electron chi connectivity index (χ0n) is 14.7. The maximum Gasteiger partial charge on any atom is 0.268 e. The summed E-state index contributed by atoms with van der Waals surface area (Å²) in [5.41, 5.74) is 1.65. The summed E-state index contributed by atoms with van der Waals surface area (Å²) < 4.78 is 6.31. The summed E-state index contributed by atoms with van der Waals surface area (Å²) in [4.78, 5) is 27.4. The highest BCUT2D eigenvalue weighted by Crippen LogP contribution is 2.46. The predicted octanol–water partition coefficient (Wildman–Crippen LogP) is 3.25. The van der Waals surface area contributed by atoms with Gasteiger partial charge in [-0.2, -0.15) is 0 Å². The van der Waals surface area contributed by atoms with Crippen LogP contribution in [-0.4, -0.2) is 28.3 Å². The molecule has 1 saturated carbocycles. The van der Waals surface area contributed by atoms with E-state index in [0.29, 0.717) is 21.1 Å². The van der Waals surface area contributed by atoms with E-state index in [-0.39, 0.29) is 17.9 Å². The van der Waals surface area contributed by atoms with Crippen LogP contribution in [0.4, 0.5) is 5.69 Å². The van der Waals surface area contributed by atoms with E-state index in [0.717, 1.165) is 29.8 Å². The van der Waals surface area contributed by atoms with E-state index in [4.69, 9.17) is 17.0 Å². The molecule has 1 aromatic carbocycles. The van der Waals surface area contributed by atoms with E-state index in [1.54, 1.807) is 13.0 Å². The van der Waals surface area contributed by atoms with Gasteiger partial charge in [0.2, 0.25) is 0 Å². The minimum atomic E-state index is -0.488. The topological polar surface area (TPSA) is 58.6 Å². The van der Waals surface area contributed by atoms with Crippen LogP contribution in [0.1, 0.15) is 25.3 Å². The Morgan fingerprint density at radius 2 is 2.15 bits per heavy atom. The Balaban J connectivity index is 1.54. The fourth-order valence-corrected chi connectivity index (χ4v) is 5.47. The van der Waals surface area contributed by atoms with Gasteiger partial charge in [-0.3, -0.25) is 9.59 Å². The monoisotopic (exact) mass is 398 g/mol. The number of carbonyl (C=O) groups excluding carboxylic acids is 2. The molecule has 5 nitrogen and oxygen atoms in total. The standard InChI is InChI=1S/C20H18N2O3S2/c1-10-19(24)22(14-7-11-2-4-13(14)6-11)15-8-12(3-5-16(15)25-10)9-17-18(23)21-20(26)27-17/h2-5,8-11,13-14H,6-7H2,1H3,(H,21,23,26). The number of benzene rings is 1. The lowest BCUT2D eigenvalue weighted by atomic mass is 9.97. The molecule has 138 valence electrons. The molecule has 0 radical (unpaired) electrons. The molecule has 2 aliphatic carbocycles. The average molecular weight is 399 g/mol. The first kappa shape index (κ1) is 17.0. The number of thiocarbonyl (C=S) groups is 1. The third-order valence-corrected chi connectivity index (χ3v) is 6.81. The van der Waals surface area contributed by atoms with Gasteiger partial charge in [0, 0.05) is 6.04 Å². The molecule has 4 unspecified atom stereocenters. The molecule has 1 N–H and O–H groups in total. The smallest absolute Gasteiger partial charge is 0.268 e. The molecule has 4 aliphatic rings. The lowest BCUT2D eigenvalue weighted by Gasteiger charge is -2.39. The van der Waals surface area contributed by atoms with E-state index in [1.165, 1.54) is 11.8 Å². The SMILES string of the molecule is CC1Oc2ccc(C=C3SC(=S)NC3=O)cc2N(C2CC3C=CC2C3)C1=O. The van der Waals surface area contributed by atoms with Crippen molar-refractivity contribution in [3.8, 4) is 5.75 Å². The fraction of sp³-hybridized carbons (Fsp3) is 0.350. The number of nitrogens with one attached hydrogen (secondary N) is 1. The van der Waals surface area contributed by atoms with Crippen LogP contribution in [-0.2, 0) is 9.59 Å². The molecule has 27 heavy (non-hydrogen) atoms. The van der Waals surface area contributed by atoms with E-state index < -0.39 is 6.10 Å². The van der Waals surface area contributed by atoms with Crippen molar-refractivity contribution in [2.75, 3.05) is 4.90 Å². The summed E-state index contributed by atoms with van der Waals surface area (Å²) >= 11 is 6.30. The van der Waals surface area contributed by atoms with Crippen LogP contribution in [0.25, 0.3) is 6.08 Å². The van der Waals surface area contributed by atoms with E-state index >= 15 is 0 Å². The number of ether oxygens (including phenoxy) is 1. The maximum absolute atomic E-state index is 13.0. The molecule has 5 rings (SSSR count). The first-order chi connectivity index (χ1) is 13.0. The molecule has 2 bridgehead atoms. The highest BCUT2D eigenvalue weighted by molar-refractivity contribution is 8.26. The fourth-order valence-electron chi connectivity index (χ4n) is 4.43. The zero-order chi connectivity index (χ0) is 18.7. The molecule has 2 amide bonds. The summed E-state index contributed by atoms with van der Waals surface area (Å²) in [6.45, 7) is 1.80. The summed E-state index contributed by atoms with van der Waals surface area (Å²) in [6.07, 6.45) is 7.96. The van der Waals surface area contributed by atoms with Crippen LogP contribution < -0.4 is 15.0 Å². The number of hydrogen-bond donors (Lipinski definition) is 1. The predicted molar refractivity (Wildman–Crippen MR) is 109 cm³/mol. The second-order valence-corrected chi connectivity index (χ2v) is 9.11. The van der Waals surface area contributed by atoms with Gasteiger partial charge in [-0.25, -0.2) is 0 Å². The number of hydrogen-bond acceptors (Lipinski definition) is 5. The van der Waals surface area contributed by atoms with E-state index in [9.17, 15) is 9.59 Å². The molecule has 2 aliphatic heterocycles. The Bertz CT molecular complexity index is 939. The van der Waals surface area contributed by atoms with Crippen molar-refractivity contribution in [1.82, 2.24) is 5.32 Å². The lowest BCUT2D eigenvalue weighted by Crippen LogP contribution is -2.51. The number of carbonyl (C=O) groups is 2. The van der Waals surface area contributed by atoms with E-state index in [2.05, 4.69) is 17.5 Å². The van der Waals surface area contributed by atoms with Crippen LogP contribution >= 0.6 is 24.0 Å². The second kappa shape index (κ2) is 6.21. The highest BCUT2D eigenvalue weighted by Gasteiger charge is 2.45. The number of rotatable bonds is 2. The number of anilines is 1. The number of amides is 2. The van der Waals surface area contributed by atoms with Gasteiger partial charge in [-0.1, -0.05) is 42.2 Å². The van der Waals surface area contributed by atoms with Gasteiger partial charge in [-0.05, 0) is 55.4 Å². The Hall–Kier alpha value is -2.12. The van der Waals surface area contributed by atoms with Crippen LogP contribution in [0, 0.1) is 11.8 Å². The average Bonchev–Trinajstić information content (AvgIpc) is 3.33. The number of fused-ring (bicyclic) bond motifs is 3. The van der Waals surface area contributed by atoms with Crippen molar-refractivity contribution < 1.29 is 14.3 Å². The van der Waals surface area contributed by atoms with Crippen molar-refractivity contribution in [3.05, 3.63) is 40.8 Å². The molecule has 2 fully saturated rings. The van der Waals surface area contributed by atoms with Crippen molar-refractivity contribution in [2.24, 2.45) is 11.8 Å². The third kappa shape index (κ3) is 2.80. The normalized spacial score (nSPS) is 32.9. The highest BCUT2D eigenvalue weighted by atomic mass is 32.2. The van der Waals surface area contributed by atoms with Crippen molar-refractivity contribution in [2.45, 2.75) is 31.9 Å². The molecular weight excluding hydrogens is 380 g/mol. The van der Waals surface area contributed by atoms with E-state index in [1.807, 2.05) is 23.1 Å². The molecule has 0 spiro atoms. The van der Waals surface area contributed by atoms with Gasteiger partial charge in [0.05, 0.1) is 10.6 Å². The first-order valence-corrected chi connectivity index (χ1v) is 10.3. The maximum atomic E-state index is 13.0. The van der Waals surface area contributed by atoms with Gasteiger partial charge >= 0.3 is 0 Å². The molecule has 4 atom stereocenters. The van der Waals surface area contributed by atoms with Crippen molar-refractivity contribution in [1.29, 1.82) is 0 Å². The summed E-state index contributed by atoms with van der Waals surface area (Å²) in [5.74, 6) is 1.52. The van der Waals surface area contributed by atoms with Crippen LogP contribution in [0.2, 0.25) is 0 Å². The van der Waals surface area contributed by atoms with Gasteiger partial charge in [-0.15, -0.1) is 0 Å². The molecule has 0 aromatic heterocycles. The third-order valence-electron chi connectivity index (χ3n) is 5.65. The summed E-state index contributed by atoms with van der Waals surface area (Å²) in [5, 5.41) is 2.62. The number of allylic oxidation sites excluding steroid dienone is 1. The summed E-state index contributed by atoms with van der Waals surface area (Å²) in [7, 11) is 0. The minimum absolute atomic E-state index is 0.00687. The number of thioether (sulfide) groups is 1. The molecular formula is C20H18N2O3S2. The Morgan fingerprint density at radius 1 is 1.30 bits per heavy atom. The van der Waals surface area contributed by atoms with Gasteiger partial charge in [0.25, 0.3) is 11.8 Å². The summed E-state index contributed by atoms with van der Waals surface area (Å²) in [6, 6.07) is 5.91. The largest absolute Gasteiger partial charge is 0.479 e. The second-order valence-electron chi connectivity index (χ2n) is 7.40. The Labute approximate surface area is 166 Å². The molecule has 7 heteroatoms. The van der Waals surface area contributed by atoms with Crippen LogP contribution in [0.3, 0.4) is 0 Å². The molecule has 2 heterocycles. The Kier molecular flexibility index (Phi) is 3.91. The van der Waals surface area contributed by atoms with Crippen molar-refractivity contribution in [3.63, 3.8) is 0 Å². The lowest BCUT2D eigenvalue weighted by molar-refractivity contribution is -0.126. The van der Waals surface area contributed by atoms with Gasteiger partial charge < -0.3 is 15.0 Å². The first-order valence-electron chi connectivity index (χ1n) is 9.06.